The lowest BCUT2D eigenvalue weighted by Gasteiger charge is -2.21. The number of halogens is 1. The number of hydrogen-bond donors (Lipinski definition) is 1. The van der Waals surface area contributed by atoms with Gasteiger partial charge in [0.25, 0.3) is 17.0 Å². The average Bonchev–Trinajstić information content (AvgIpc) is 3.14. The lowest BCUT2D eigenvalue weighted by molar-refractivity contribution is 0.102. The van der Waals surface area contributed by atoms with Crippen molar-refractivity contribution in [1.29, 1.82) is 0 Å². The van der Waals surface area contributed by atoms with E-state index in [-0.39, 0.29) is 21.4 Å². The Kier molecular flexibility index (Phi) is 8.27. The van der Waals surface area contributed by atoms with Crippen molar-refractivity contribution in [1.82, 2.24) is 14.5 Å². The van der Waals surface area contributed by atoms with Crippen LogP contribution in [0.15, 0.2) is 69.7 Å². The van der Waals surface area contributed by atoms with Gasteiger partial charge in [-0.2, -0.15) is 4.31 Å². The van der Waals surface area contributed by atoms with E-state index in [0.29, 0.717) is 35.3 Å². The Balaban J connectivity index is 1.59. The van der Waals surface area contributed by atoms with Crippen molar-refractivity contribution in [3.8, 4) is 11.5 Å². The molecule has 1 N–H and O–H groups in total. The minimum atomic E-state index is -3.82. The smallest absolute Gasteiger partial charge is 0.277 e. The van der Waals surface area contributed by atoms with Gasteiger partial charge in [0.2, 0.25) is 10.0 Å². The highest BCUT2D eigenvalue weighted by atomic mass is 35.5. The van der Waals surface area contributed by atoms with Crippen LogP contribution in [0.4, 0.5) is 5.69 Å². The van der Waals surface area contributed by atoms with Gasteiger partial charge in [-0.15, -0.1) is 16.8 Å². The number of anilines is 1. The molecule has 0 spiro atoms. The predicted molar refractivity (Wildman–Crippen MR) is 137 cm³/mol. The van der Waals surface area contributed by atoms with Gasteiger partial charge in [-0.05, 0) is 43.2 Å². The Morgan fingerprint density at radius 1 is 1.14 bits per heavy atom. The van der Waals surface area contributed by atoms with Crippen LogP contribution in [-0.4, -0.2) is 47.7 Å². The number of amides is 1. The Hall–Kier alpha value is -2.66. The molecule has 0 radical (unpaired) electrons. The summed E-state index contributed by atoms with van der Waals surface area (Å²) in [6.07, 6.45) is 5.33. The first-order valence-corrected chi connectivity index (χ1v) is 14.0. The van der Waals surface area contributed by atoms with Gasteiger partial charge >= 0.3 is 0 Å². The van der Waals surface area contributed by atoms with E-state index in [1.54, 1.807) is 30.3 Å². The van der Waals surface area contributed by atoms with Crippen LogP contribution in [0.5, 0.6) is 0 Å². The number of carbonyl (C=O) groups is 1. The van der Waals surface area contributed by atoms with Crippen LogP contribution >= 0.6 is 23.4 Å². The molecule has 1 aromatic heterocycles. The first-order valence-electron chi connectivity index (χ1n) is 11.2. The molecule has 0 saturated carbocycles. The number of hydrogen-bond acceptors (Lipinski definition) is 7. The van der Waals surface area contributed by atoms with Crippen molar-refractivity contribution in [3.63, 3.8) is 0 Å². The third-order valence-corrected chi connectivity index (χ3v) is 8.71. The lowest BCUT2D eigenvalue weighted by atomic mass is 10.1. The molecule has 1 aliphatic heterocycles. The van der Waals surface area contributed by atoms with Crippen LogP contribution in [0.2, 0.25) is 5.02 Å². The fourth-order valence-corrected chi connectivity index (χ4v) is 6.26. The Bertz CT molecular complexity index is 1320. The average molecular weight is 533 g/mol. The summed E-state index contributed by atoms with van der Waals surface area (Å²) in [7, 11) is -3.82. The topological polar surface area (TPSA) is 105 Å². The second kappa shape index (κ2) is 11.4. The van der Waals surface area contributed by atoms with Crippen molar-refractivity contribution in [2.24, 2.45) is 0 Å². The van der Waals surface area contributed by atoms with E-state index in [1.807, 2.05) is 0 Å². The zero-order chi connectivity index (χ0) is 24.8. The molecule has 2 aromatic carbocycles. The number of carbonyl (C=O) groups excluding carboxylic acids is 1. The van der Waals surface area contributed by atoms with Gasteiger partial charge in [-0.1, -0.05) is 54.4 Å². The summed E-state index contributed by atoms with van der Waals surface area (Å²) in [6, 6.07) is 11.3. The quantitative estimate of drug-likeness (QED) is 0.302. The van der Waals surface area contributed by atoms with Crippen molar-refractivity contribution >= 4 is 45.0 Å². The number of aromatic nitrogens is 2. The third kappa shape index (κ3) is 5.95. The Labute approximate surface area is 213 Å². The molecule has 0 atom stereocenters. The van der Waals surface area contributed by atoms with E-state index >= 15 is 0 Å². The van der Waals surface area contributed by atoms with Crippen LogP contribution in [0.25, 0.3) is 11.5 Å². The van der Waals surface area contributed by atoms with E-state index < -0.39 is 15.9 Å². The van der Waals surface area contributed by atoms with Crippen molar-refractivity contribution < 1.29 is 17.6 Å². The molecule has 8 nitrogen and oxygen atoms in total. The molecule has 1 saturated heterocycles. The first-order chi connectivity index (χ1) is 16.9. The third-order valence-electron chi connectivity index (χ3n) is 5.51. The number of thioether (sulfide) groups is 1. The second-order valence-electron chi connectivity index (χ2n) is 7.94. The lowest BCUT2D eigenvalue weighted by Crippen LogP contribution is -2.32. The number of nitrogens with one attached hydrogen (secondary N) is 1. The van der Waals surface area contributed by atoms with Crippen LogP contribution in [0, 0.1) is 0 Å². The van der Waals surface area contributed by atoms with Crippen LogP contribution in [0.1, 0.15) is 36.0 Å². The first kappa shape index (κ1) is 25.4. The van der Waals surface area contributed by atoms with Gasteiger partial charge in [0.05, 0.1) is 16.3 Å². The Morgan fingerprint density at radius 2 is 1.89 bits per heavy atom. The van der Waals surface area contributed by atoms with E-state index in [1.165, 1.54) is 34.3 Å². The van der Waals surface area contributed by atoms with Gasteiger partial charge in [0, 0.05) is 24.4 Å². The van der Waals surface area contributed by atoms with Gasteiger partial charge in [-0.3, -0.25) is 4.79 Å². The monoisotopic (exact) mass is 532 g/mol. The number of benzene rings is 2. The molecule has 0 aliphatic carbocycles. The van der Waals surface area contributed by atoms with Crippen LogP contribution < -0.4 is 5.32 Å². The summed E-state index contributed by atoms with van der Waals surface area (Å²) in [6.45, 7) is 4.56. The summed E-state index contributed by atoms with van der Waals surface area (Å²) in [5, 5.41) is 11.4. The maximum absolute atomic E-state index is 13.3. The molecule has 184 valence electrons. The van der Waals surface area contributed by atoms with E-state index in [2.05, 4.69) is 22.1 Å². The second-order valence-corrected chi connectivity index (χ2v) is 11.2. The Morgan fingerprint density at radius 3 is 2.63 bits per heavy atom. The minimum Gasteiger partial charge on any atom is -0.411 e. The zero-order valence-corrected chi connectivity index (χ0v) is 21.3. The SMILES string of the molecule is C=CCSc1nnc(-c2ccccc2NC(=O)c2ccc(Cl)c(S(=O)(=O)N3CCCCCC3)c2)o1. The van der Waals surface area contributed by atoms with Crippen molar-refractivity contribution in [3.05, 3.63) is 65.7 Å². The molecule has 3 aromatic rings. The summed E-state index contributed by atoms with van der Waals surface area (Å²) in [5.41, 5.74) is 1.17. The maximum atomic E-state index is 13.3. The molecule has 2 heterocycles. The molecule has 11 heteroatoms. The minimum absolute atomic E-state index is 0.0669. The summed E-state index contributed by atoms with van der Waals surface area (Å²) >= 11 is 7.63. The molecular weight excluding hydrogens is 508 g/mol. The van der Waals surface area contributed by atoms with Crippen molar-refractivity contribution in [2.75, 3.05) is 24.2 Å². The van der Waals surface area contributed by atoms with Gasteiger partial charge in [-0.25, -0.2) is 8.42 Å². The zero-order valence-electron chi connectivity index (χ0n) is 18.9. The predicted octanol–water partition coefficient (Wildman–Crippen LogP) is 5.49. The maximum Gasteiger partial charge on any atom is 0.277 e. The number of nitrogens with zero attached hydrogens (tertiary/aromatic N) is 3. The highest BCUT2D eigenvalue weighted by Gasteiger charge is 2.28. The van der Waals surface area contributed by atoms with Crippen LogP contribution in [-0.2, 0) is 10.0 Å². The fraction of sp³-hybridized carbons (Fsp3) is 0.292. The molecule has 35 heavy (non-hydrogen) atoms. The summed E-state index contributed by atoms with van der Waals surface area (Å²) in [4.78, 5) is 13.1. The van der Waals surface area contributed by atoms with Gasteiger partial charge in [0.1, 0.15) is 4.90 Å². The number of para-hydroxylation sites is 1. The van der Waals surface area contributed by atoms with E-state index in [9.17, 15) is 13.2 Å². The van der Waals surface area contributed by atoms with Crippen LogP contribution in [0.3, 0.4) is 0 Å². The fourth-order valence-electron chi connectivity index (χ4n) is 3.74. The normalized spacial score (nSPS) is 14.9. The molecule has 1 fully saturated rings. The molecule has 0 unspecified atom stereocenters. The highest BCUT2D eigenvalue weighted by Crippen LogP contribution is 2.31. The van der Waals surface area contributed by atoms with E-state index in [4.69, 9.17) is 16.0 Å². The summed E-state index contributed by atoms with van der Waals surface area (Å²) in [5.74, 6) is 0.398. The van der Waals surface area contributed by atoms with Crippen molar-refractivity contribution in [2.45, 2.75) is 35.8 Å². The molecule has 0 bridgehead atoms. The van der Waals surface area contributed by atoms with Gasteiger partial charge in [0.15, 0.2) is 0 Å². The van der Waals surface area contributed by atoms with E-state index in [0.717, 1.165) is 25.7 Å². The number of sulfonamides is 1. The molecule has 1 aliphatic rings. The van der Waals surface area contributed by atoms with Gasteiger partial charge < -0.3 is 9.73 Å². The standard InChI is InChI=1S/C24H25ClN4O4S2/c1-2-15-34-24-28-27-23(33-24)18-9-5-6-10-20(18)26-22(30)17-11-12-19(25)21(16-17)35(31,32)29-13-7-3-4-8-14-29/h2,5-6,9-12,16H,1,3-4,7-8,13-15H2,(H,26,30). The largest absolute Gasteiger partial charge is 0.411 e. The summed E-state index contributed by atoms with van der Waals surface area (Å²) < 4.78 is 33.7. The molecular formula is C24H25ClN4O4S2. The number of rotatable bonds is 8. The highest BCUT2D eigenvalue weighted by molar-refractivity contribution is 7.99. The molecule has 4 rings (SSSR count). The molecule has 1 amide bonds.